The number of rotatable bonds is 5. The summed E-state index contributed by atoms with van der Waals surface area (Å²) in [6.07, 6.45) is 3.83. The topological polar surface area (TPSA) is 62.4 Å². The molecule has 0 saturated heterocycles. The molecule has 5 nitrogen and oxygen atoms in total. The number of hydrogen-bond acceptors (Lipinski definition) is 3. The van der Waals surface area contributed by atoms with Gasteiger partial charge in [0.25, 0.3) is 5.91 Å². The first-order valence-corrected chi connectivity index (χ1v) is 10.1. The van der Waals surface area contributed by atoms with Crippen molar-refractivity contribution < 1.29 is 18.7 Å². The Bertz CT molecular complexity index is 1120. The van der Waals surface area contributed by atoms with Crippen molar-refractivity contribution in [3.63, 3.8) is 0 Å². The number of nitrogens with zero attached hydrogens (tertiary/aromatic N) is 1. The van der Waals surface area contributed by atoms with Crippen LogP contribution < -0.4 is 0 Å². The van der Waals surface area contributed by atoms with E-state index >= 15 is 0 Å². The van der Waals surface area contributed by atoms with Gasteiger partial charge in [-0.15, -0.1) is 0 Å². The summed E-state index contributed by atoms with van der Waals surface area (Å²) in [5.41, 5.74) is 3.30. The highest BCUT2D eigenvalue weighted by Gasteiger charge is 2.27. The van der Waals surface area contributed by atoms with E-state index in [0.29, 0.717) is 36.4 Å². The van der Waals surface area contributed by atoms with Crippen molar-refractivity contribution in [2.45, 2.75) is 26.2 Å². The van der Waals surface area contributed by atoms with Crippen LogP contribution in [-0.4, -0.2) is 34.9 Å². The summed E-state index contributed by atoms with van der Waals surface area (Å²) in [5.74, 6) is -1.15. The van der Waals surface area contributed by atoms with E-state index in [1.807, 2.05) is 31.2 Å². The van der Waals surface area contributed by atoms with Crippen LogP contribution in [0.1, 0.15) is 41.4 Å². The number of ether oxygens (including phenoxy) is 1. The molecule has 0 bridgehead atoms. The predicted molar refractivity (Wildman–Crippen MR) is 113 cm³/mol. The summed E-state index contributed by atoms with van der Waals surface area (Å²) < 4.78 is 18.7. The Morgan fingerprint density at radius 3 is 2.67 bits per heavy atom. The Labute approximate surface area is 174 Å². The van der Waals surface area contributed by atoms with Gasteiger partial charge in [0.05, 0.1) is 17.9 Å². The molecule has 1 N–H and O–H groups in total. The minimum absolute atomic E-state index is 0.289. The molecule has 0 radical (unpaired) electrons. The molecule has 0 spiro atoms. The molecular weight excluding hydrogens is 383 g/mol. The van der Waals surface area contributed by atoms with Crippen molar-refractivity contribution in [2.24, 2.45) is 0 Å². The fraction of sp³-hybridized carbons (Fsp3) is 0.250. The zero-order valence-electron chi connectivity index (χ0n) is 16.8. The number of unbranched alkanes of at least 4 members (excludes halogenated alkanes) is 1. The summed E-state index contributed by atoms with van der Waals surface area (Å²) in [6.45, 7) is 2.75. The van der Waals surface area contributed by atoms with Gasteiger partial charge >= 0.3 is 5.97 Å². The number of carbonyl (C=O) groups excluding carboxylic acids is 2. The molecule has 2 heterocycles. The average Bonchev–Trinajstić information content (AvgIpc) is 3.01. The number of para-hydroxylation sites is 1. The van der Waals surface area contributed by atoms with Gasteiger partial charge in [0.1, 0.15) is 5.82 Å². The third-order valence-electron chi connectivity index (χ3n) is 5.27. The predicted octanol–water partition coefficient (Wildman–Crippen LogP) is 4.69. The lowest BCUT2D eigenvalue weighted by molar-refractivity contribution is -0.136. The zero-order valence-corrected chi connectivity index (χ0v) is 16.8. The van der Waals surface area contributed by atoms with Crippen molar-refractivity contribution in [3.8, 4) is 0 Å². The van der Waals surface area contributed by atoms with E-state index in [1.54, 1.807) is 6.20 Å². The SMILES string of the molecule is CCCCOC(=O)C1=CN(C(=O)c2ccc(F)cc2)CCc2c1[nH]c1ccccc21. The lowest BCUT2D eigenvalue weighted by atomic mass is 10.0. The maximum absolute atomic E-state index is 13.3. The first-order valence-electron chi connectivity index (χ1n) is 10.1. The Morgan fingerprint density at radius 1 is 1.13 bits per heavy atom. The van der Waals surface area contributed by atoms with Gasteiger partial charge in [0.2, 0.25) is 0 Å². The summed E-state index contributed by atoms with van der Waals surface area (Å²) >= 11 is 0. The van der Waals surface area contributed by atoms with Crippen LogP contribution in [0.25, 0.3) is 16.5 Å². The number of fused-ring (bicyclic) bond motifs is 3. The van der Waals surface area contributed by atoms with Gasteiger partial charge in [-0.2, -0.15) is 0 Å². The van der Waals surface area contributed by atoms with Crippen LogP contribution in [-0.2, 0) is 16.0 Å². The van der Waals surface area contributed by atoms with E-state index in [0.717, 1.165) is 29.3 Å². The van der Waals surface area contributed by atoms with E-state index in [2.05, 4.69) is 4.98 Å². The van der Waals surface area contributed by atoms with Gasteiger partial charge in [-0.25, -0.2) is 9.18 Å². The molecule has 3 aromatic rings. The van der Waals surface area contributed by atoms with Gasteiger partial charge in [0.15, 0.2) is 0 Å². The highest BCUT2D eigenvalue weighted by molar-refractivity contribution is 6.18. The molecule has 0 atom stereocenters. The third-order valence-corrected chi connectivity index (χ3v) is 5.27. The van der Waals surface area contributed by atoms with Crippen LogP contribution in [0.4, 0.5) is 4.39 Å². The van der Waals surface area contributed by atoms with E-state index < -0.39 is 11.8 Å². The number of benzene rings is 2. The second-order valence-corrected chi connectivity index (χ2v) is 7.31. The van der Waals surface area contributed by atoms with E-state index in [-0.39, 0.29) is 5.91 Å². The molecule has 154 valence electrons. The number of esters is 1. The molecule has 2 aromatic carbocycles. The van der Waals surface area contributed by atoms with Crippen molar-refractivity contribution in [1.82, 2.24) is 9.88 Å². The second-order valence-electron chi connectivity index (χ2n) is 7.31. The van der Waals surface area contributed by atoms with Gasteiger partial charge < -0.3 is 14.6 Å². The quantitative estimate of drug-likeness (QED) is 0.494. The third kappa shape index (κ3) is 3.85. The second kappa shape index (κ2) is 8.53. The molecule has 30 heavy (non-hydrogen) atoms. The van der Waals surface area contributed by atoms with Gasteiger partial charge in [0, 0.05) is 29.2 Å². The van der Waals surface area contributed by atoms with Crippen molar-refractivity contribution >= 4 is 28.4 Å². The Balaban J connectivity index is 1.73. The molecule has 0 fully saturated rings. The largest absolute Gasteiger partial charge is 0.462 e. The van der Waals surface area contributed by atoms with Crippen LogP contribution >= 0.6 is 0 Å². The summed E-state index contributed by atoms with van der Waals surface area (Å²) in [6, 6.07) is 13.3. The molecular formula is C24H23FN2O3. The highest BCUT2D eigenvalue weighted by Crippen LogP contribution is 2.31. The lowest BCUT2D eigenvalue weighted by Crippen LogP contribution is -2.28. The molecule has 6 heteroatoms. The normalized spacial score (nSPS) is 13.5. The van der Waals surface area contributed by atoms with E-state index in [9.17, 15) is 14.0 Å². The molecule has 0 unspecified atom stereocenters. The maximum atomic E-state index is 13.3. The number of aromatic amines is 1. The number of H-pyrrole nitrogens is 1. The molecule has 1 aliphatic rings. The van der Waals surface area contributed by atoms with Crippen molar-refractivity contribution in [2.75, 3.05) is 13.2 Å². The highest BCUT2D eigenvalue weighted by atomic mass is 19.1. The molecule has 4 rings (SSSR count). The van der Waals surface area contributed by atoms with Crippen LogP contribution in [0.2, 0.25) is 0 Å². The Morgan fingerprint density at radius 2 is 1.90 bits per heavy atom. The Kier molecular flexibility index (Phi) is 5.65. The van der Waals surface area contributed by atoms with Crippen LogP contribution in [0, 0.1) is 5.82 Å². The smallest absolute Gasteiger partial charge is 0.341 e. The van der Waals surface area contributed by atoms with Crippen molar-refractivity contribution in [3.05, 3.63) is 77.4 Å². The Hall–Kier alpha value is -3.41. The molecule has 1 amide bonds. The van der Waals surface area contributed by atoms with Gasteiger partial charge in [-0.05, 0) is 48.7 Å². The standard InChI is InChI=1S/C24H23FN2O3/c1-2-3-14-30-24(29)20-15-27(23(28)16-8-10-17(25)11-9-16)13-12-19-18-6-4-5-7-21(18)26-22(19)20/h4-11,15,26H,2-3,12-14H2,1H3. The first kappa shape index (κ1) is 19.9. The fourth-order valence-corrected chi connectivity index (χ4v) is 3.67. The monoisotopic (exact) mass is 406 g/mol. The summed E-state index contributed by atoms with van der Waals surface area (Å²) in [4.78, 5) is 30.8. The number of nitrogens with one attached hydrogen (secondary N) is 1. The molecule has 0 saturated carbocycles. The number of halogens is 1. The first-order chi connectivity index (χ1) is 14.6. The van der Waals surface area contributed by atoms with Crippen LogP contribution in [0.3, 0.4) is 0 Å². The number of carbonyl (C=O) groups is 2. The van der Waals surface area contributed by atoms with E-state index in [4.69, 9.17) is 4.74 Å². The molecule has 1 aromatic heterocycles. The van der Waals surface area contributed by atoms with Crippen molar-refractivity contribution in [1.29, 1.82) is 0 Å². The maximum Gasteiger partial charge on any atom is 0.341 e. The lowest BCUT2D eigenvalue weighted by Gasteiger charge is -2.18. The number of aromatic nitrogens is 1. The fourth-order valence-electron chi connectivity index (χ4n) is 3.67. The van der Waals surface area contributed by atoms with Gasteiger partial charge in [-0.3, -0.25) is 4.79 Å². The number of hydrogen-bond donors (Lipinski definition) is 1. The van der Waals surface area contributed by atoms with Crippen LogP contribution in [0.5, 0.6) is 0 Å². The van der Waals surface area contributed by atoms with Gasteiger partial charge in [-0.1, -0.05) is 31.5 Å². The van der Waals surface area contributed by atoms with Crippen LogP contribution in [0.15, 0.2) is 54.7 Å². The number of amides is 1. The summed E-state index contributed by atoms with van der Waals surface area (Å²) in [5, 5.41) is 1.02. The minimum atomic E-state index is -0.463. The van der Waals surface area contributed by atoms with E-state index in [1.165, 1.54) is 29.2 Å². The average molecular weight is 406 g/mol. The minimum Gasteiger partial charge on any atom is -0.462 e. The zero-order chi connectivity index (χ0) is 21.1. The summed E-state index contributed by atoms with van der Waals surface area (Å²) in [7, 11) is 0. The molecule has 1 aliphatic heterocycles. The molecule has 0 aliphatic carbocycles.